The van der Waals surface area contributed by atoms with Gasteiger partial charge in [-0.2, -0.15) is 0 Å². The van der Waals surface area contributed by atoms with Gasteiger partial charge in [0.15, 0.2) is 5.96 Å². The van der Waals surface area contributed by atoms with Crippen LogP contribution >= 0.6 is 11.6 Å². The Morgan fingerprint density at radius 3 is 3.06 bits per heavy atom. The van der Waals surface area contributed by atoms with Crippen molar-refractivity contribution in [2.45, 2.75) is 6.04 Å². The summed E-state index contributed by atoms with van der Waals surface area (Å²) in [4.78, 5) is 6.17. The number of benzene rings is 1. The summed E-state index contributed by atoms with van der Waals surface area (Å²) < 4.78 is 0. The van der Waals surface area contributed by atoms with E-state index in [0.717, 1.165) is 5.56 Å². The van der Waals surface area contributed by atoms with Gasteiger partial charge in [-0.25, -0.2) is 0 Å². The molecular formula is C12H14ClN3O. The lowest BCUT2D eigenvalue weighted by Crippen LogP contribution is -2.36. The first-order chi connectivity index (χ1) is 8.13. The van der Waals surface area contributed by atoms with Crippen molar-refractivity contribution in [3.05, 3.63) is 41.4 Å². The first-order valence-corrected chi connectivity index (χ1v) is 5.67. The first-order valence-electron chi connectivity index (χ1n) is 5.29. The standard InChI is InChI=1S/C12H14ClN3O/c1-2-5-16-10(7-15-12(16)14)8-3-4-11(17)9(13)6-8/h2-4,6,10,17H,1,5,7H2,(H2,14,15). The summed E-state index contributed by atoms with van der Waals surface area (Å²) in [6.45, 7) is 4.94. The maximum absolute atomic E-state index is 9.39. The summed E-state index contributed by atoms with van der Waals surface area (Å²) in [6, 6.07) is 5.21. The molecule has 0 radical (unpaired) electrons. The van der Waals surface area contributed by atoms with Gasteiger partial charge in [0.25, 0.3) is 0 Å². The van der Waals surface area contributed by atoms with E-state index >= 15 is 0 Å². The summed E-state index contributed by atoms with van der Waals surface area (Å²) in [5, 5.41) is 9.73. The lowest BCUT2D eigenvalue weighted by Gasteiger charge is -2.25. The molecule has 4 nitrogen and oxygen atoms in total. The predicted octanol–water partition coefficient (Wildman–Crippen LogP) is 1.90. The summed E-state index contributed by atoms with van der Waals surface area (Å²) in [7, 11) is 0. The van der Waals surface area contributed by atoms with E-state index in [2.05, 4.69) is 11.6 Å². The molecule has 2 rings (SSSR count). The summed E-state index contributed by atoms with van der Waals surface area (Å²) >= 11 is 5.90. The van der Waals surface area contributed by atoms with Crippen LogP contribution in [-0.4, -0.2) is 29.1 Å². The molecule has 1 aliphatic rings. The zero-order chi connectivity index (χ0) is 12.4. The Hall–Kier alpha value is -1.68. The second-order valence-corrected chi connectivity index (χ2v) is 4.27. The number of aromatic hydroxyl groups is 1. The highest BCUT2D eigenvalue weighted by Gasteiger charge is 2.26. The van der Waals surface area contributed by atoms with E-state index in [4.69, 9.17) is 17.3 Å². The van der Waals surface area contributed by atoms with Crippen molar-refractivity contribution < 1.29 is 5.11 Å². The number of hydrogen-bond acceptors (Lipinski definition) is 4. The number of phenolic OH excluding ortho intramolecular Hbond substituents is 1. The molecule has 0 amide bonds. The van der Waals surface area contributed by atoms with Crippen LogP contribution < -0.4 is 5.73 Å². The van der Waals surface area contributed by atoms with Crippen molar-refractivity contribution in [1.29, 1.82) is 0 Å². The quantitative estimate of drug-likeness (QED) is 0.807. The molecule has 3 N–H and O–H groups in total. The molecule has 0 aromatic heterocycles. The summed E-state index contributed by atoms with van der Waals surface area (Å²) in [5.74, 6) is 0.594. The van der Waals surface area contributed by atoms with Gasteiger partial charge in [-0.1, -0.05) is 23.7 Å². The van der Waals surface area contributed by atoms with Crippen LogP contribution in [0.25, 0.3) is 0 Å². The maximum atomic E-state index is 9.39. The number of rotatable bonds is 3. The molecular weight excluding hydrogens is 238 g/mol. The minimum absolute atomic E-state index is 0.0612. The van der Waals surface area contributed by atoms with Crippen molar-refractivity contribution in [2.24, 2.45) is 10.7 Å². The fourth-order valence-corrected chi connectivity index (χ4v) is 2.09. The molecule has 0 aliphatic carbocycles. The molecule has 1 aromatic carbocycles. The van der Waals surface area contributed by atoms with E-state index in [9.17, 15) is 5.11 Å². The highest BCUT2D eigenvalue weighted by Crippen LogP contribution is 2.31. The van der Waals surface area contributed by atoms with Crippen molar-refractivity contribution in [3.8, 4) is 5.75 Å². The van der Waals surface area contributed by atoms with E-state index in [0.29, 0.717) is 24.1 Å². The Morgan fingerprint density at radius 2 is 2.41 bits per heavy atom. The second kappa shape index (κ2) is 4.67. The van der Waals surface area contributed by atoms with E-state index in [1.165, 1.54) is 0 Å². The third kappa shape index (κ3) is 2.22. The number of halogens is 1. The minimum atomic E-state index is 0.0612. The zero-order valence-corrected chi connectivity index (χ0v) is 10.1. The van der Waals surface area contributed by atoms with Gasteiger partial charge in [0.2, 0.25) is 0 Å². The van der Waals surface area contributed by atoms with Crippen LogP contribution in [0, 0.1) is 0 Å². The average Bonchev–Trinajstić information content (AvgIpc) is 2.66. The number of phenols is 1. The molecule has 1 heterocycles. The smallest absolute Gasteiger partial charge is 0.192 e. The molecule has 0 saturated carbocycles. The molecule has 0 saturated heterocycles. The third-order valence-corrected chi connectivity index (χ3v) is 3.08. The van der Waals surface area contributed by atoms with Gasteiger partial charge in [-0.3, -0.25) is 4.99 Å². The second-order valence-electron chi connectivity index (χ2n) is 3.87. The Morgan fingerprint density at radius 1 is 1.65 bits per heavy atom. The summed E-state index contributed by atoms with van der Waals surface area (Å²) in [6.07, 6.45) is 1.78. The Labute approximate surface area is 105 Å². The fraction of sp³-hybridized carbons (Fsp3) is 0.250. The van der Waals surface area contributed by atoms with Gasteiger partial charge in [-0.05, 0) is 17.7 Å². The van der Waals surface area contributed by atoms with Crippen molar-refractivity contribution in [2.75, 3.05) is 13.1 Å². The van der Waals surface area contributed by atoms with Crippen LogP contribution in [0.5, 0.6) is 5.75 Å². The van der Waals surface area contributed by atoms with Crippen LogP contribution in [0.3, 0.4) is 0 Å². The molecule has 1 atom stereocenters. The lowest BCUT2D eigenvalue weighted by atomic mass is 10.1. The molecule has 1 aromatic rings. The van der Waals surface area contributed by atoms with Crippen LogP contribution in [0.15, 0.2) is 35.8 Å². The van der Waals surface area contributed by atoms with Crippen molar-refractivity contribution >= 4 is 17.6 Å². The van der Waals surface area contributed by atoms with Crippen LogP contribution in [0.1, 0.15) is 11.6 Å². The highest BCUT2D eigenvalue weighted by atomic mass is 35.5. The Balaban J connectivity index is 2.27. The topological polar surface area (TPSA) is 61.8 Å². The molecule has 1 unspecified atom stereocenters. The van der Waals surface area contributed by atoms with E-state index in [1.54, 1.807) is 18.2 Å². The van der Waals surface area contributed by atoms with Gasteiger partial charge in [0, 0.05) is 6.54 Å². The van der Waals surface area contributed by atoms with Gasteiger partial charge >= 0.3 is 0 Å². The molecule has 0 fully saturated rings. The van der Waals surface area contributed by atoms with Gasteiger partial charge < -0.3 is 15.7 Å². The molecule has 1 aliphatic heterocycles. The molecule has 17 heavy (non-hydrogen) atoms. The Bertz CT molecular complexity index is 473. The van der Waals surface area contributed by atoms with Crippen LogP contribution in [0.4, 0.5) is 0 Å². The van der Waals surface area contributed by atoms with Crippen LogP contribution in [-0.2, 0) is 0 Å². The zero-order valence-electron chi connectivity index (χ0n) is 9.31. The number of nitrogens with zero attached hydrogens (tertiary/aromatic N) is 2. The van der Waals surface area contributed by atoms with Crippen molar-refractivity contribution in [1.82, 2.24) is 4.90 Å². The number of hydrogen-bond donors (Lipinski definition) is 2. The number of aliphatic imine (C=N–C) groups is 1. The normalized spacial score (nSPS) is 19.2. The predicted molar refractivity (Wildman–Crippen MR) is 69.3 cm³/mol. The highest BCUT2D eigenvalue weighted by molar-refractivity contribution is 6.32. The summed E-state index contributed by atoms with van der Waals surface area (Å²) in [5.41, 5.74) is 6.79. The number of nitrogens with two attached hydrogens (primary N) is 1. The molecule has 5 heteroatoms. The van der Waals surface area contributed by atoms with Gasteiger partial charge in [0.05, 0.1) is 17.6 Å². The monoisotopic (exact) mass is 251 g/mol. The maximum Gasteiger partial charge on any atom is 0.192 e. The van der Waals surface area contributed by atoms with Gasteiger partial charge in [0.1, 0.15) is 5.75 Å². The first kappa shape index (κ1) is 11.8. The van der Waals surface area contributed by atoms with Gasteiger partial charge in [-0.15, -0.1) is 6.58 Å². The van der Waals surface area contributed by atoms with E-state index in [1.807, 2.05) is 11.0 Å². The minimum Gasteiger partial charge on any atom is -0.506 e. The third-order valence-electron chi connectivity index (χ3n) is 2.78. The lowest BCUT2D eigenvalue weighted by molar-refractivity contribution is 0.380. The number of guanidine groups is 1. The molecule has 0 spiro atoms. The largest absolute Gasteiger partial charge is 0.506 e. The van der Waals surface area contributed by atoms with E-state index < -0.39 is 0 Å². The SMILES string of the molecule is C=CCN1C(N)=NCC1c1ccc(O)c(Cl)c1. The van der Waals surface area contributed by atoms with Crippen LogP contribution in [0.2, 0.25) is 5.02 Å². The molecule has 90 valence electrons. The Kier molecular flexibility index (Phi) is 3.24. The van der Waals surface area contributed by atoms with Crippen molar-refractivity contribution in [3.63, 3.8) is 0 Å². The molecule has 0 bridgehead atoms. The fourth-order valence-electron chi connectivity index (χ4n) is 1.90. The average molecular weight is 252 g/mol. The van der Waals surface area contributed by atoms with E-state index in [-0.39, 0.29) is 11.8 Å².